The van der Waals surface area contributed by atoms with Crippen molar-refractivity contribution in [3.05, 3.63) is 24.3 Å². The molecule has 210 valence electrons. The fraction of sp³-hybridized carbons (Fsp3) is 0.640. The number of ether oxygens (including phenoxy) is 2. The van der Waals surface area contributed by atoms with E-state index in [1.807, 2.05) is 24.3 Å². The van der Waals surface area contributed by atoms with E-state index in [2.05, 4.69) is 10.2 Å². The number of anilines is 1. The van der Waals surface area contributed by atoms with Gasteiger partial charge in [0.25, 0.3) is 0 Å². The second-order valence-electron chi connectivity index (χ2n) is 9.00. The number of halogens is 3. The summed E-state index contributed by atoms with van der Waals surface area (Å²) in [6, 6.07) is 9.38. The number of benzene rings is 1. The second-order valence-corrected chi connectivity index (χ2v) is 10.4. The highest BCUT2D eigenvalue weighted by atomic mass is 32.2. The molecule has 0 aromatic heterocycles. The molecule has 1 aromatic rings. The summed E-state index contributed by atoms with van der Waals surface area (Å²) in [5.74, 6) is -1.61. The first-order chi connectivity index (χ1) is 18.2. The van der Waals surface area contributed by atoms with Crippen LogP contribution in [0.1, 0.15) is 19.8 Å². The summed E-state index contributed by atoms with van der Waals surface area (Å²) in [5, 5.41) is 13.6. The van der Waals surface area contributed by atoms with Crippen LogP contribution in [0.15, 0.2) is 24.3 Å². The highest BCUT2D eigenvalue weighted by Gasteiger charge is 2.41. The van der Waals surface area contributed by atoms with Gasteiger partial charge in [0.2, 0.25) is 11.8 Å². The predicted molar refractivity (Wildman–Crippen MR) is 138 cm³/mol. The molecule has 3 unspecified atom stereocenters. The topological polar surface area (TPSA) is 107 Å². The molecule has 0 saturated carbocycles. The zero-order valence-corrected chi connectivity index (χ0v) is 22.2. The van der Waals surface area contributed by atoms with E-state index in [-0.39, 0.29) is 17.6 Å². The number of carbonyl (C=O) groups is 2. The number of rotatable bonds is 13. The van der Waals surface area contributed by atoms with Gasteiger partial charge >= 0.3 is 6.18 Å². The predicted octanol–water partition coefficient (Wildman–Crippen LogP) is 2.70. The molecule has 3 atom stereocenters. The minimum Gasteiger partial charge on any atom is -0.492 e. The highest BCUT2D eigenvalue weighted by Crippen LogP contribution is 2.37. The van der Waals surface area contributed by atoms with Gasteiger partial charge in [-0.1, -0.05) is 6.07 Å². The summed E-state index contributed by atoms with van der Waals surface area (Å²) in [6.07, 6.45) is -4.08. The van der Waals surface area contributed by atoms with E-state index in [4.69, 9.17) is 9.47 Å². The third-order valence-electron chi connectivity index (χ3n) is 6.29. The lowest BCUT2D eigenvalue weighted by Gasteiger charge is -2.26. The minimum absolute atomic E-state index is 0.0296. The monoisotopic (exact) mass is 557 g/mol. The first-order valence-corrected chi connectivity index (χ1v) is 13.6. The molecule has 1 aromatic carbocycles. The van der Waals surface area contributed by atoms with Gasteiger partial charge in [-0.2, -0.15) is 18.4 Å². The first-order valence-electron chi connectivity index (χ1n) is 12.7. The van der Waals surface area contributed by atoms with Crippen molar-refractivity contribution in [3.8, 4) is 11.8 Å². The molecule has 2 heterocycles. The molecule has 0 bridgehead atoms. The number of morpholine rings is 1. The normalized spacial score (nSPS) is 21.1. The van der Waals surface area contributed by atoms with Crippen LogP contribution >= 0.6 is 11.8 Å². The van der Waals surface area contributed by atoms with Crippen LogP contribution in [0.25, 0.3) is 0 Å². The Kier molecular flexibility index (Phi) is 11.4. The van der Waals surface area contributed by atoms with E-state index in [9.17, 15) is 28.0 Å². The molecular weight excluding hydrogens is 523 g/mol. The quantitative estimate of drug-likeness (QED) is 0.381. The number of thioether (sulfide) groups is 1. The summed E-state index contributed by atoms with van der Waals surface area (Å²) < 4.78 is 48.5. The molecule has 2 saturated heterocycles. The largest absolute Gasteiger partial charge is 0.492 e. The number of hydrogen-bond acceptors (Lipinski definition) is 8. The maximum Gasteiger partial charge on any atom is 0.405 e. The van der Waals surface area contributed by atoms with Gasteiger partial charge in [0.15, 0.2) is 0 Å². The van der Waals surface area contributed by atoms with Crippen LogP contribution in [0.3, 0.4) is 0 Å². The Bertz CT molecular complexity index is 971. The van der Waals surface area contributed by atoms with Crippen molar-refractivity contribution >= 4 is 29.3 Å². The van der Waals surface area contributed by atoms with Crippen molar-refractivity contribution in [2.24, 2.45) is 5.92 Å². The molecule has 2 aliphatic heterocycles. The van der Waals surface area contributed by atoms with Crippen molar-refractivity contribution in [1.82, 2.24) is 15.1 Å². The maximum atomic E-state index is 12.9. The Hall–Kier alpha value is -2.69. The van der Waals surface area contributed by atoms with Gasteiger partial charge in [-0.05, 0) is 25.5 Å². The fourth-order valence-electron chi connectivity index (χ4n) is 4.27. The van der Waals surface area contributed by atoms with Crippen LogP contribution in [0, 0.1) is 17.2 Å². The van der Waals surface area contributed by atoms with Crippen LogP contribution in [0.5, 0.6) is 5.75 Å². The number of nitrogens with zero attached hydrogens (tertiary/aromatic N) is 3. The van der Waals surface area contributed by atoms with Gasteiger partial charge in [0.1, 0.15) is 24.8 Å². The SMILES string of the molecule is CCN1C(=O)C(CCNc2cccc(OCCN3CCOCC3)c2)SC1CC(C#N)C(=O)NCC(F)(F)F. The van der Waals surface area contributed by atoms with Crippen LogP contribution < -0.4 is 15.4 Å². The maximum absolute atomic E-state index is 12.9. The van der Waals surface area contributed by atoms with Crippen molar-refractivity contribution in [1.29, 1.82) is 5.26 Å². The van der Waals surface area contributed by atoms with E-state index < -0.39 is 29.9 Å². The van der Waals surface area contributed by atoms with Crippen LogP contribution in [0.2, 0.25) is 0 Å². The molecule has 2 amide bonds. The van der Waals surface area contributed by atoms with E-state index in [0.717, 1.165) is 44.3 Å². The molecule has 0 radical (unpaired) electrons. The lowest BCUT2D eigenvalue weighted by molar-refractivity contribution is -0.140. The number of carbonyl (C=O) groups excluding carboxylic acids is 2. The third kappa shape index (κ3) is 9.25. The number of hydrogen-bond donors (Lipinski definition) is 2. The lowest BCUT2D eigenvalue weighted by Crippen LogP contribution is -2.40. The Balaban J connectivity index is 1.45. The molecule has 13 heteroatoms. The van der Waals surface area contributed by atoms with Gasteiger partial charge < -0.3 is 25.0 Å². The van der Waals surface area contributed by atoms with E-state index in [0.29, 0.717) is 26.1 Å². The van der Waals surface area contributed by atoms with Gasteiger partial charge in [-0.3, -0.25) is 14.5 Å². The summed E-state index contributed by atoms with van der Waals surface area (Å²) in [5.41, 5.74) is 0.860. The Labute approximate surface area is 225 Å². The standard InChI is InChI=1S/C25H34F3N5O4S/c1-2-33-22(14-18(16-29)23(34)31-17-25(26,27)28)38-21(24(33)35)6-7-30-19-4-3-5-20(15-19)37-13-10-32-8-11-36-12-9-32/h3-5,15,18,21-22,30H,2,6-14,17H2,1H3,(H,31,34). The van der Waals surface area contributed by atoms with Gasteiger partial charge in [0.05, 0.1) is 29.9 Å². The fourth-order valence-corrected chi connectivity index (χ4v) is 5.86. The summed E-state index contributed by atoms with van der Waals surface area (Å²) in [4.78, 5) is 28.9. The average molecular weight is 558 g/mol. The Morgan fingerprint density at radius 1 is 1.34 bits per heavy atom. The molecule has 3 rings (SSSR count). The molecule has 38 heavy (non-hydrogen) atoms. The second kappa shape index (κ2) is 14.5. The van der Waals surface area contributed by atoms with Gasteiger partial charge in [-0.15, -0.1) is 11.8 Å². The van der Waals surface area contributed by atoms with Crippen molar-refractivity contribution < 1.29 is 32.2 Å². The summed E-state index contributed by atoms with van der Waals surface area (Å²) in [7, 11) is 0. The third-order valence-corrected chi connectivity index (χ3v) is 7.82. The number of amides is 2. The average Bonchev–Trinajstić information content (AvgIpc) is 3.20. The van der Waals surface area contributed by atoms with Gasteiger partial charge in [0, 0.05) is 50.9 Å². The van der Waals surface area contributed by atoms with Crippen molar-refractivity contribution in [3.63, 3.8) is 0 Å². The van der Waals surface area contributed by atoms with Crippen molar-refractivity contribution in [2.75, 3.05) is 64.4 Å². The van der Waals surface area contributed by atoms with E-state index >= 15 is 0 Å². The Morgan fingerprint density at radius 2 is 2.11 bits per heavy atom. The molecule has 0 aliphatic carbocycles. The van der Waals surface area contributed by atoms with Gasteiger partial charge in [-0.25, -0.2) is 0 Å². The molecule has 9 nitrogen and oxygen atoms in total. The molecule has 2 aliphatic rings. The zero-order chi connectivity index (χ0) is 27.5. The Morgan fingerprint density at radius 3 is 2.79 bits per heavy atom. The first kappa shape index (κ1) is 29.9. The van der Waals surface area contributed by atoms with E-state index in [1.165, 1.54) is 11.8 Å². The highest BCUT2D eigenvalue weighted by molar-refractivity contribution is 8.01. The van der Waals surface area contributed by atoms with Crippen LogP contribution in [-0.4, -0.2) is 97.5 Å². The number of alkyl halides is 3. The van der Waals surface area contributed by atoms with Crippen molar-refractivity contribution in [2.45, 2.75) is 36.6 Å². The molecule has 2 N–H and O–H groups in total. The number of nitrogens with one attached hydrogen (secondary N) is 2. The summed E-state index contributed by atoms with van der Waals surface area (Å²) in [6.45, 7) is 5.89. The minimum atomic E-state index is -4.56. The number of nitriles is 1. The smallest absolute Gasteiger partial charge is 0.405 e. The van der Waals surface area contributed by atoms with Crippen LogP contribution in [0.4, 0.5) is 18.9 Å². The van der Waals surface area contributed by atoms with Crippen LogP contribution in [-0.2, 0) is 14.3 Å². The van der Waals surface area contributed by atoms with E-state index in [1.54, 1.807) is 23.2 Å². The molecule has 0 spiro atoms. The molecular formula is C25H34F3N5O4S. The lowest BCUT2D eigenvalue weighted by atomic mass is 10.1. The zero-order valence-electron chi connectivity index (χ0n) is 21.3. The summed E-state index contributed by atoms with van der Waals surface area (Å²) >= 11 is 1.34. The molecule has 2 fully saturated rings.